The Morgan fingerprint density at radius 1 is 1.26 bits per heavy atom. The zero-order valence-corrected chi connectivity index (χ0v) is 11.6. The van der Waals surface area contributed by atoms with E-state index in [-0.39, 0.29) is 16.9 Å². The van der Waals surface area contributed by atoms with E-state index < -0.39 is 30.4 Å². The van der Waals surface area contributed by atoms with Crippen molar-refractivity contribution in [1.29, 1.82) is 0 Å². The van der Waals surface area contributed by atoms with Crippen molar-refractivity contribution in [3.05, 3.63) is 47.8 Å². The molecule has 3 rings (SSSR count). The lowest BCUT2D eigenvalue weighted by molar-refractivity contribution is -0.157. The van der Waals surface area contributed by atoms with Gasteiger partial charge in [0, 0.05) is 18.3 Å². The van der Waals surface area contributed by atoms with Crippen molar-refractivity contribution < 1.29 is 27.9 Å². The molecule has 2 heterocycles. The predicted molar refractivity (Wildman–Crippen MR) is 74.8 cm³/mol. The quantitative estimate of drug-likeness (QED) is 0.891. The number of fused-ring (bicyclic) bond motifs is 1. The molecule has 0 aliphatic carbocycles. The van der Waals surface area contributed by atoms with E-state index >= 15 is 0 Å². The number of benzene rings is 1. The van der Waals surface area contributed by atoms with Gasteiger partial charge in [0.15, 0.2) is 0 Å². The van der Waals surface area contributed by atoms with Crippen LogP contribution in [0, 0.1) is 0 Å². The molecule has 120 valence electrons. The standard InChI is InChI=1S/C15H11F3N2O3/c16-15(17,18)10-6-11(21)19-12-9(14(22)23)7-20(13(10)12)8-4-2-1-3-5-8/h1-5,7,10H,6H2,(H,19,21)(H,22,23). The van der Waals surface area contributed by atoms with Crippen LogP contribution in [0.3, 0.4) is 0 Å². The molecule has 1 aromatic heterocycles. The first-order valence-electron chi connectivity index (χ1n) is 6.69. The Labute approximate surface area is 128 Å². The second-order valence-electron chi connectivity index (χ2n) is 5.16. The van der Waals surface area contributed by atoms with Crippen LogP contribution in [-0.2, 0) is 4.79 Å². The van der Waals surface area contributed by atoms with Crippen molar-refractivity contribution in [2.24, 2.45) is 0 Å². The fourth-order valence-corrected chi connectivity index (χ4v) is 2.70. The van der Waals surface area contributed by atoms with Crippen molar-refractivity contribution in [3.63, 3.8) is 0 Å². The van der Waals surface area contributed by atoms with Crippen LogP contribution in [0.4, 0.5) is 18.9 Å². The fraction of sp³-hybridized carbons (Fsp3) is 0.200. The molecule has 23 heavy (non-hydrogen) atoms. The number of hydrogen-bond acceptors (Lipinski definition) is 2. The van der Waals surface area contributed by atoms with Gasteiger partial charge in [0.05, 0.1) is 11.4 Å². The largest absolute Gasteiger partial charge is 0.478 e. The molecule has 1 aromatic carbocycles. The van der Waals surface area contributed by atoms with E-state index in [9.17, 15) is 27.9 Å². The highest BCUT2D eigenvalue weighted by molar-refractivity contribution is 6.03. The number of carbonyl (C=O) groups is 2. The summed E-state index contributed by atoms with van der Waals surface area (Å²) in [4.78, 5) is 22.9. The molecular weight excluding hydrogens is 313 g/mol. The van der Waals surface area contributed by atoms with Crippen LogP contribution >= 0.6 is 0 Å². The molecule has 0 saturated heterocycles. The molecule has 1 unspecified atom stereocenters. The first-order chi connectivity index (χ1) is 10.8. The Bertz CT molecular complexity index is 781. The van der Waals surface area contributed by atoms with Crippen LogP contribution in [-0.4, -0.2) is 27.7 Å². The highest BCUT2D eigenvalue weighted by Gasteiger charge is 2.48. The fourth-order valence-electron chi connectivity index (χ4n) is 2.70. The maximum Gasteiger partial charge on any atom is 0.397 e. The molecule has 0 fully saturated rings. The first-order valence-corrected chi connectivity index (χ1v) is 6.69. The average molecular weight is 324 g/mol. The van der Waals surface area contributed by atoms with E-state index in [2.05, 4.69) is 5.32 Å². The number of para-hydroxylation sites is 1. The van der Waals surface area contributed by atoms with Crippen molar-refractivity contribution in [2.45, 2.75) is 18.5 Å². The summed E-state index contributed by atoms with van der Waals surface area (Å²) in [5.74, 6) is -4.31. The molecule has 5 nitrogen and oxygen atoms in total. The summed E-state index contributed by atoms with van der Waals surface area (Å²) < 4.78 is 41.3. The summed E-state index contributed by atoms with van der Waals surface area (Å²) in [5.41, 5.74) is -0.534. The van der Waals surface area contributed by atoms with Crippen LogP contribution in [0.1, 0.15) is 28.4 Å². The number of alkyl halides is 3. The molecule has 2 N–H and O–H groups in total. The van der Waals surface area contributed by atoms with Crippen LogP contribution in [0.5, 0.6) is 0 Å². The number of carboxylic acids is 1. The number of rotatable bonds is 2. The second kappa shape index (κ2) is 5.15. The molecule has 1 amide bonds. The molecular formula is C15H11F3N2O3. The lowest BCUT2D eigenvalue weighted by Crippen LogP contribution is -2.33. The van der Waals surface area contributed by atoms with Gasteiger partial charge in [0.1, 0.15) is 11.5 Å². The topological polar surface area (TPSA) is 71.3 Å². The normalized spacial score (nSPS) is 17.5. The van der Waals surface area contributed by atoms with E-state index in [1.807, 2.05) is 0 Å². The highest BCUT2D eigenvalue weighted by Crippen LogP contribution is 2.46. The molecule has 8 heteroatoms. The molecule has 0 spiro atoms. The molecule has 1 aliphatic heterocycles. The van der Waals surface area contributed by atoms with Gasteiger partial charge in [-0.1, -0.05) is 18.2 Å². The van der Waals surface area contributed by atoms with Crippen LogP contribution < -0.4 is 5.32 Å². The van der Waals surface area contributed by atoms with Crippen LogP contribution in [0.2, 0.25) is 0 Å². The van der Waals surface area contributed by atoms with Gasteiger partial charge >= 0.3 is 12.1 Å². The Kier molecular flexibility index (Phi) is 3.39. The predicted octanol–water partition coefficient (Wildman–Crippen LogP) is 3.16. The molecule has 0 radical (unpaired) electrons. The third-order valence-electron chi connectivity index (χ3n) is 3.69. The lowest BCUT2D eigenvalue weighted by atomic mass is 9.94. The number of hydrogen-bond donors (Lipinski definition) is 2. The molecule has 0 bridgehead atoms. The summed E-state index contributed by atoms with van der Waals surface area (Å²) >= 11 is 0. The number of nitrogens with one attached hydrogen (secondary N) is 1. The summed E-state index contributed by atoms with van der Waals surface area (Å²) in [6.45, 7) is 0. The number of carboxylic acid groups (broad SMARTS) is 1. The maximum atomic E-state index is 13.4. The minimum absolute atomic E-state index is 0.263. The smallest absolute Gasteiger partial charge is 0.397 e. The number of carbonyl (C=O) groups excluding carboxylic acids is 1. The van der Waals surface area contributed by atoms with Gasteiger partial charge in [0.25, 0.3) is 0 Å². The molecule has 2 aromatic rings. The maximum absolute atomic E-state index is 13.4. The molecule has 0 saturated carbocycles. The van der Waals surface area contributed by atoms with Crippen LogP contribution in [0.25, 0.3) is 5.69 Å². The van der Waals surface area contributed by atoms with E-state index in [1.165, 1.54) is 4.57 Å². The van der Waals surface area contributed by atoms with Crippen molar-refractivity contribution in [2.75, 3.05) is 5.32 Å². The van der Waals surface area contributed by atoms with Crippen molar-refractivity contribution >= 4 is 17.6 Å². The SMILES string of the molecule is O=C1CC(C(F)(F)F)c2c(c(C(=O)O)cn2-c2ccccc2)N1. The van der Waals surface area contributed by atoms with Gasteiger partial charge < -0.3 is 15.0 Å². The number of aromatic carboxylic acids is 1. The molecule has 1 atom stereocenters. The van der Waals surface area contributed by atoms with Crippen molar-refractivity contribution in [1.82, 2.24) is 4.57 Å². The molecule has 1 aliphatic rings. The van der Waals surface area contributed by atoms with Gasteiger partial charge in [-0.05, 0) is 12.1 Å². The third-order valence-corrected chi connectivity index (χ3v) is 3.69. The van der Waals surface area contributed by atoms with Crippen molar-refractivity contribution in [3.8, 4) is 5.69 Å². The van der Waals surface area contributed by atoms with E-state index in [1.54, 1.807) is 30.3 Å². The Morgan fingerprint density at radius 2 is 1.91 bits per heavy atom. The van der Waals surface area contributed by atoms with Crippen LogP contribution in [0.15, 0.2) is 36.5 Å². The number of nitrogens with zero attached hydrogens (tertiary/aromatic N) is 1. The summed E-state index contributed by atoms with van der Waals surface area (Å²) in [5, 5.41) is 11.5. The Morgan fingerprint density at radius 3 is 2.48 bits per heavy atom. The highest BCUT2D eigenvalue weighted by atomic mass is 19.4. The van der Waals surface area contributed by atoms with E-state index in [4.69, 9.17) is 0 Å². The Balaban J connectivity index is 2.29. The lowest BCUT2D eigenvalue weighted by Gasteiger charge is -2.27. The van der Waals surface area contributed by atoms with Gasteiger partial charge in [-0.3, -0.25) is 4.79 Å². The Hall–Kier alpha value is -2.77. The minimum atomic E-state index is -4.66. The number of anilines is 1. The summed E-state index contributed by atoms with van der Waals surface area (Å²) in [6, 6.07) is 8.09. The number of aromatic nitrogens is 1. The number of amides is 1. The second-order valence-corrected chi connectivity index (χ2v) is 5.16. The first kappa shape index (κ1) is 15.1. The summed E-state index contributed by atoms with van der Waals surface area (Å²) in [7, 11) is 0. The summed E-state index contributed by atoms with van der Waals surface area (Å²) in [6.07, 6.45) is -4.33. The zero-order chi connectivity index (χ0) is 16.8. The van der Waals surface area contributed by atoms with E-state index in [0.29, 0.717) is 5.69 Å². The van der Waals surface area contributed by atoms with Gasteiger partial charge in [-0.15, -0.1) is 0 Å². The third kappa shape index (κ3) is 2.56. The van der Waals surface area contributed by atoms with Gasteiger partial charge in [0.2, 0.25) is 5.91 Å². The minimum Gasteiger partial charge on any atom is -0.478 e. The van der Waals surface area contributed by atoms with Gasteiger partial charge in [-0.25, -0.2) is 4.79 Å². The zero-order valence-electron chi connectivity index (χ0n) is 11.6. The van der Waals surface area contributed by atoms with Gasteiger partial charge in [-0.2, -0.15) is 13.2 Å². The number of halogens is 3. The monoisotopic (exact) mass is 324 g/mol. The average Bonchev–Trinajstić information content (AvgIpc) is 2.85. The van der Waals surface area contributed by atoms with E-state index in [0.717, 1.165) is 6.20 Å².